The van der Waals surface area contributed by atoms with Crippen LogP contribution in [0.2, 0.25) is 0 Å². The van der Waals surface area contributed by atoms with Crippen LogP contribution in [0.1, 0.15) is 26.3 Å². The van der Waals surface area contributed by atoms with Crippen molar-refractivity contribution in [3.63, 3.8) is 0 Å². The third-order valence-electron chi connectivity index (χ3n) is 3.74. The van der Waals surface area contributed by atoms with Gasteiger partial charge in [-0.1, -0.05) is 36.4 Å². The Labute approximate surface area is 137 Å². The molecule has 0 saturated heterocycles. The van der Waals surface area contributed by atoms with Crippen molar-refractivity contribution in [3.05, 3.63) is 71.0 Å². The van der Waals surface area contributed by atoms with Gasteiger partial charge in [-0.3, -0.25) is 14.6 Å². The number of carbonyl (C=O) groups is 2. The Bertz CT molecular complexity index is 799. The normalized spacial score (nSPS) is 19.0. The van der Waals surface area contributed by atoms with Gasteiger partial charge in [0.05, 0.1) is 0 Å². The molecule has 0 aromatic heterocycles. The van der Waals surface area contributed by atoms with Crippen LogP contribution in [0.15, 0.2) is 53.5 Å². The van der Waals surface area contributed by atoms with E-state index in [0.717, 1.165) is 5.56 Å². The van der Waals surface area contributed by atoms with Crippen molar-refractivity contribution >= 4 is 28.9 Å². The maximum Gasteiger partial charge on any atom is 0.209 e. The molecule has 0 bridgehead atoms. The Morgan fingerprint density at radius 1 is 1.00 bits per heavy atom. The fourth-order valence-corrected chi connectivity index (χ4v) is 2.80. The number of aliphatic imine (C=N–C) groups is 1. The summed E-state index contributed by atoms with van der Waals surface area (Å²) in [4.78, 5) is 28.9. The summed E-state index contributed by atoms with van der Waals surface area (Å²) in [6.07, 6.45) is 0.538. The molecule has 3 rings (SSSR count). The van der Waals surface area contributed by atoms with Crippen LogP contribution >= 0.6 is 11.6 Å². The zero-order valence-electron chi connectivity index (χ0n) is 12.1. The number of halogens is 2. The van der Waals surface area contributed by atoms with Crippen LogP contribution in [-0.4, -0.2) is 29.2 Å². The molecule has 3 nitrogen and oxygen atoms in total. The summed E-state index contributed by atoms with van der Waals surface area (Å²) < 4.78 is 12.9. The first-order valence-corrected chi connectivity index (χ1v) is 7.62. The SMILES string of the molecule is O=C1C(=NCCc2ccc(F)cc2)C(Cl)C(=O)c2ccccc21. The number of nitrogens with zero attached hydrogens (tertiary/aromatic N) is 1. The Morgan fingerprint density at radius 2 is 1.65 bits per heavy atom. The monoisotopic (exact) mass is 329 g/mol. The second-order valence-corrected chi connectivity index (χ2v) is 5.68. The van der Waals surface area contributed by atoms with Crippen LogP contribution < -0.4 is 0 Å². The van der Waals surface area contributed by atoms with E-state index in [1.54, 1.807) is 36.4 Å². The number of hydrogen-bond acceptors (Lipinski definition) is 3. The van der Waals surface area contributed by atoms with Gasteiger partial charge >= 0.3 is 0 Å². The van der Waals surface area contributed by atoms with Crippen molar-refractivity contribution in [2.75, 3.05) is 6.54 Å². The van der Waals surface area contributed by atoms with Gasteiger partial charge in [-0.2, -0.15) is 0 Å². The quantitative estimate of drug-likeness (QED) is 0.809. The summed E-state index contributed by atoms with van der Waals surface area (Å²) in [7, 11) is 0. The lowest BCUT2D eigenvalue weighted by Gasteiger charge is -2.19. The van der Waals surface area contributed by atoms with E-state index in [9.17, 15) is 14.0 Å². The maximum absolute atomic E-state index is 12.9. The first-order chi connectivity index (χ1) is 11.1. The summed E-state index contributed by atoms with van der Waals surface area (Å²) in [5, 5.41) is -1.05. The Kier molecular flexibility index (Phi) is 4.35. The lowest BCUT2D eigenvalue weighted by atomic mass is 9.88. The van der Waals surface area contributed by atoms with E-state index in [1.807, 2.05) is 0 Å². The van der Waals surface area contributed by atoms with Gasteiger partial charge < -0.3 is 0 Å². The van der Waals surface area contributed by atoms with Gasteiger partial charge in [0.1, 0.15) is 16.9 Å². The predicted octanol–water partition coefficient (Wildman–Crippen LogP) is 3.50. The number of Topliss-reactive ketones (excluding diaryl/α,β-unsaturated/α-hetero) is 2. The molecule has 0 saturated carbocycles. The number of benzene rings is 2. The first-order valence-electron chi connectivity index (χ1n) is 7.18. The zero-order chi connectivity index (χ0) is 16.4. The van der Waals surface area contributed by atoms with Gasteiger partial charge in [0.2, 0.25) is 5.78 Å². The molecule has 0 heterocycles. The molecule has 0 fully saturated rings. The summed E-state index contributed by atoms with van der Waals surface area (Å²) in [5.74, 6) is -0.910. The number of hydrogen-bond donors (Lipinski definition) is 0. The highest BCUT2D eigenvalue weighted by atomic mass is 35.5. The van der Waals surface area contributed by atoms with E-state index >= 15 is 0 Å². The van der Waals surface area contributed by atoms with Gasteiger partial charge in [-0.25, -0.2) is 4.39 Å². The fourth-order valence-electron chi connectivity index (χ4n) is 2.52. The van der Waals surface area contributed by atoms with E-state index in [1.165, 1.54) is 12.1 Å². The van der Waals surface area contributed by atoms with Crippen LogP contribution in [0.4, 0.5) is 4.39 Å². The van der Waals surface area contributed by atoms with E-state index in [0.29, 0.717) is 24.1 Å². The van der Waals surface area contributed by atoms with Crippen LogP contribution in [0.3, 0.4) is 0 Å². The van der Waals surface area contributed by atoms with Gasteiger partial charge in [-0.05, 0) is 24.1 Å². The molecule has 1 aliphatic carbocycles. The minimum Gasteiger partial charge on any atom is -0.292 e. The van der Waals surface area contributed by atoms with Crippen molar-refractivity contribution in [1.29, 1.82) is 0 Å². The highest BCUT2D eigenvalue weighted by Gasteiger charge is 2.36. The van der Waals surface area contributed by atoms with Crippen LogP contribution in [0.5, 0.6) is 0 Å². The van der Waals surface area contributed by atoms with Crippen molar-refractivity contribution in [2.24, 2.45) is 4.99 Å². The molecule has 2 aromatic rings. The molecule has 5 heteroatoms. The van der Waals surface area contributed by atoms with Crippen molar-refractivity contribution in [1.82, 2.24) is 0 Å². The average Bonchev–Trinajstić information content (AvgIpc) is 2.57. The zero-order valence-corrected chi connectivity index (χ0v) is 12.9. The molecule has 0 N–H and O–H groups in total. The summed E-state index contributed by atoms with van der Waals surface area (Å²) in [6.45, 7) is 0.311. The highest BCUT2D eigenvalue weighted by Crippen LogP contribution is 2.23. The van der Waals surface area contributed by atoms with Crippen molar-refractivity contribution in [3.8, 4) is 0 Å². The second kappa shape index (κ2) is 6.42. The number of carbonyl (C=O) groups excluding carboxylic acids is 2. The van der Waals surface area contributed by atoms with Crippen molar-refractivity contribution in [2.45, 2.75) is 11.8 Å². The standard InChI is InChI=1S/C18H13ClFNO2/c19-15-16(21-10-9-11-5-7-12(20)8-6-11)18(23)14-4-2-1-3-13(14)17(15)22/h1-8,15H,9-10H2. The van der Waals surface area contributed by atoms with Gasteiger partial charge in [0.15, 0.2) is 5.78 Å². The minimum absolute atomic E-state index is 0.0810. The third-order valence-corrected chi connectivity index (χ3v) is 4.14. The second-order valence-electron chi connectivity index (χ2n) is 5.24. The van der Waals surface area contributed by atoms with E-state index in [4.69, 9.17) is 11.6 Å². The Morgan fingerprint density at radius 3 is 2.35 bits per heavy atom. The van der Waals surface area contributed by atoms with Gasteiger partial charge in [-0.15, -0.1) is 11.6 Å². The molecular formula is C18H13ClFNO2. The molecule has 0 radical (unpaired) electrons. The molecule has 23 heavy (non-hydrogen) atoms. The molecule has 2 aromatic carbocycles. The van der Waals surface area contributed by atoms with Crippen molar-refractivity contribution < 1.29 is 14.0 Å². The topological polar surface area (TPSA) is 46.5 Å². The van der Waals surface area contributed by atoms with Crippen LogP contribution in [-0.2, 0) is 6.42 Å². The largest absolute Gasteiger partial charge is 0.292 e. The molecule has 116 valence electrons. The fraction of sp³-hybridized carbons (Fsp3) is 0.167. The van der Waals surface area contributed by atoms with E-state index < -0.39 is 5.38 Å². The van der Waals surface area contributed by atoms with E-state index in [-0.39, 0.29) is 23.1 Å². The number of ketones is 2. The summed E-state index contributed by atoms with van der Waals surface area (Å²) in [6, 6.07) is 12.7. The van der Waals surface area contributed by atoms with Crippen LogP contribution in [0, 0.1) is 5.82 Å². The molecule has 0 aliphatic heterocycles. The molecule has 0 spiro atoms. The smallest absolute Gasteiger partial charge is 0.209 e. The lowest BCUT2D eigenvalue weighted by molar-refractivity contribution is 0.0967. The number of alkyl halides is 1. The summed E-state index contributed by atoms with van der Waals surface area (Å²) >= 11 is 6.11. The summed E-state index contributed by atoms with van der Waals surface area (Å²) in [5.41, 5.74) is 1.67. The average molecular weight is 330 g/mol. The predicted molar refractivity (Wildman–Crippen MR) is 87.2 cm³/mol. The Balaban J connectivity index is 1.80. The molecular weight excluding hydrogens is 317 g/mol. The molecule has 0 amide bonds. The third kappa shape index (κ3) is 3.08. The molecule has 1 aliphatic rings. The maximum atomic E-state index is 12.9. The molecule has 1 atom stereocenters. The van der Waals surface area contributed by atoms with Gasteiger partial charge in [0.25, 0.3) is 0 Å². The van der Waals surface area contributed by atoms with Gasteiger partial charge in [0, 0.05) is 17.7 Å². The lowest BCUT2D eigenvalue weighted by Crippen LogP contribution is -2.38. The van der Waals surface area contributed by atoms with E-state index in [2.05, 4.69) is 4.99 Å². The molecule has 1 unspecified atom stereocenters. The first kappa shape index (κ1) is 15.6. The minimum atomic E-state index is -1.05. The number of fused-ring (bicyclic) bond motifs is 1. The highest BCUT2D eigenvalue weighted by molar-refractivity contribution is 6.64. The number of rotatable bonds is 3. The van der Waals surface area contributed by atoms with Crippen LogP contribution in [0.25, 0.3) is 0 Å². The Hall–Kier alpha value is -2.33.